The van der Waals surface area contributed by atoms with Crippen molar-refractivity contribution >= 4 is 56.8 Å². The normalized spacial score (nSPS) is 11.1. The topological polar surface area (TPSA) is 97.3 Å². The number of furan rings is 1. The number of halogens is 1. The van der Waals surface area contributed by atoms with Crippen LogP contribution in [0.15, 0.2) is 59.0 Å². The van der Waals surface area contributed by atoms with E-state index in [-0.39, 0.29) is 10.9 Å². The predicted octanol–water partition coefficient (Wildman–Crippen LogP) is 5.76. The van der Waals surface area contributed by atoms with E-state index in [0.717, 1.165) is 44.6 Å². The second-order valence-electron chi connectivity index (χ2n) is 7.68. The Bertz CT molecular complexity index is 1570. The lowest BCUT2D eigenvalue weighted by molar-refractivity contribution is 0.0951. The minimum Gasteiger partial charge on any atom is -0.451 e. The van der Waals surface area contributed by atoms with Crippen LogP contribution in [0.5, 0.6) is 0 Å². The molecule has 2 aromatic carbocycles. The van der Waals surface area contributed by atoms with Crippen molar-refractivity contribution in [1.82, 2.24) is 25.1 Å². The molecule has 2 N–H and O–H groups in total. The SMILES string of the molecule is CCc1nnc2sc(-c3ccc(NC(=S)NC(=O)c4ccc(-c5cccc(Cl)c5)o4)c(C)c3)nn12. The Hall–Kier alpha value is -3.60. The first-order chi connectivity index (χ1) is 16.9. The quantitative estimate of drug-likeness (QED) is 0.283. The van der Waals surface area contributed by atoms with Gasteiger partial charge in [0.15, 0.2) is 16.7 Å². The summed E-state index contributed by atoms with van der Waals surface area (Å²) in [5.74, 6) is 1.07. The first-order valence-electron chi connectivity index (χ1n) is 10.7. The lowest BCUT2D eigenvalue weighted by Gasteiger charge is -2.12. The minimum atomic E-state index is -0.448. The molecule has 176 valence electrons. The summed E-state index contributed by atoms with van der Waals surface area (Å²) in [6.45, 7) is 3.98. The van der Waals surface area contributed by atoms with Gasteiger partial charge in [-0.1, -0.05) is 42.0 Å². The standard InChI is InChI=1S/C24H19ClN6O2S2/c1-3-20-28-29-24-31(20)30-22(35-24)15-7-8-17(13(2)11-15)26-23(34)27-21(32)19-10-9-18(33-19)14-5-4-6-16(25)12-14/h4-12H,3H2,1-2H3,(H2,26,27,32,34). The molecule has 0 aliphatic carbocycles. The molecule has 0 unspecified atom stereocenters. The van der Waals surface area contributed by atoms with Gasteiger partial charge in [-0.15, -0.1) is 10.2 Å². The third-order valence-electron chi connectivity index (χ3n) is 5.26. The largest absolute Gasteiger partial charge is 0.451 e. The number of carbonyl (C=O) groups is 1. The number of nitrogens with zero attached hydrogens (tertiary/aromatic N) is 4. The number of nitrogens with one attached hydrogen (secondary N) is 2. The monoisotopic (exact) mass is 522 g/mol. The highest BCUT2D eigenvalue weighted by Gasteiger charge is 2.16. The van der Waals surface area contributed by atoms with Crippen LogP contribution >= 0.6 is 35.2 Å². The number of thiocarbonyl (C=S) groups is 1. The molecule has 0 spiro atoms. The van der Waals surface area contributed by atoms with Crippen molar-refractivity contribution in [2.75, 3.05) is 5.32 Å². The van der Waals surface area contributed by atoms with Crippen LogP contribution in [0.25, 0.3) is 26.9 Å². The smallest absolute Gasteiger partial charge is 0.293 e. The predicted molar refractivity (Wildman–Crippen MR) is 141 cm³/mol. The average molecular weight is 523 g/mol. The van der Waals surface area contributed by atoms with Crippen molar-refractivity contribution in [2.45, 2.75) is 20.3 Å². The van der Waals surface area contributed by atoms with E-state index in [1.165, 1.54) is 11.3 Å². The number of rotatable bonds is 5. The van der Waals surface area contributed by atoms with Crippen molar-refractivity contribution in [3.05, 3.63) is 76.8 Å². The molecule has 0 aliphatic heterocycles. The van der Waals surface area contributed by atoms with Gasteiger partial charge in [0, 0.05) is 28.3 Å². The first kappa shape index (κ1) is 23.2. The van der Waals surface area contributed by atoms with Crippen molar-refractivity contribution in [1.29, 1.82) is 0 Å². The van der Waals surface area contributed by atoms with Gasteiger partial charge in [-0.25, -0.2) is 0 Å². The number of aryl methyl sites for hydroxylation is 2. The number of aromatic nitrogens is 4. The Kier molecular flexibility index (Phi) is 6.33. The Morgan fingerprint density at radius 3 is 2.77 bits per heavy atom. The van der Waals surface area contributed by atoms with E-state index >= 15 is 0 Å². The van der Waals surface area contributed by atoms with Crippen LogP contribution in [0.4, 0.5) is 5.69 Å². The molecule has 3 aromatic heterocycles. The van der Waals surface area contributed by atoms with Gasteiger partial charge in [-0.2, -0.15) is 9.61 Å². The van der Waals surface area contributed by atoms with Crippen LogP contribution in [0.2, 0.25) is 5.02 Å². The van der Waals surface area contributed by atoms with Gasteiger partial charge >= 0.3 is 0 Å². The molecule has 35 heavy (non-hydrogen) atoms. The summed E-state index contributed by atoms with van der Waals surface area (Å²) in [6, 6.07) is 16.4. The maximum atomic E-state index is 12.6. The van der Waals surface area contributed by atoms with Crippen molar-refractivity contribution in [2.24, 2.45) is 0 Å². The molecule has 1 amide bonds. The van der Waals surface area contributed by atoms with Crippen LogP contribution in [-0.4, -0.2) is 30.8 Å². The van der Waals surface area contributed by atoms with Crippen LogP contribution < -0.4 is 10.6 Å². The molecular weight excluding hydrogens is 504 g/mol. The van der Waals surface area contributed by atoms with Gasteiger partial charge in [0.05, 0.1) is 0 Å². The van der Waals surface area contributed by atoms with E-state index in [1.807, 2.05) is 44.2 Å². The summed E-state index contributed by atoms with van der Waals surface area (Å²) in [4.78, 5) is 13.4. The summed E-state index contributed by atoms with van der Waals surface area (Å²) in [5, 5.41) is 20.3. The van der Waals surface area contributed by atoms with Gasteiger partial charge in [0.1, 0.15) is 10.8 Å². The van der Waals surface area contributed by atoms with E-state index in [9.17, 15) is 4.79 Å². The second kappa shape index (κ2) is 9.57. The third-order valence-corrected chi connectivity index (χ3v) is 6.65. The molecule has 0 saturated carbocycles. The van der Waals surface area contributed by atoms with Gasteiger partial charge in [0.2, 0.25) is 4.96 Å². The molecule has 0 bridgehead atoms. The number of carbonyl (C=O) groups excluding carboxylic acids is 1. The Morgan fingerprint density at radius 2 is 2.00 bits per heavy atom. The fourth-order valence-corrected chi connectivity index (χ4v) is 4.75. The summed E-state index contributed by atoms with van der Waals surface area (Å²) >= 11 is 12.9. The molecule has 0 atom stereocenters. The molecule has 5 rings (SSSR count). The summed E-state index contributed by atoms with van der Waals surface area (Å²) in [5.41, 5.74) is 3.46. The maximum absolute atomic E-state index is 12.6. The average Bonchev–Trinajstić information content (AvgIpc) is 3.56. The molecule has 0 aliphatic rings. The lowest BCUT2D eigenvalue weighted by Crippen LogP contribution is -2.34. The number of hydrogen-bond donors (Lipinski definition) is 2. The number of amides is 1. The fraction of sp³-hybridized carbons (Fsp3) is 0.125. The molecule has 5 aromatic rings. The number of benzene rings is 2. The Balaban J connectivity index is 1.26. The van der Waals surface area contributed by atoms with E-state index in [4.69, 9.17) is 28.2 Å². The van der Waals surface area contributed by atoms with Gasteiger partial charge in [-0.05, 0) is 67.2 Å². The van der Waals surface area contributed by atoms with Gasteiger partial charge in [-0.3, -0.25) is 10.1 Å². The van der Waals surface area contributed by atoms with Crippen LogP contribution in [0, 0.1) is 6.92 Å². The fourth-order valence-electron chi connectivity index (χ4n) is 3.51. The molecule has 11 heteroatoms. The highest BCUT2D eigenvalue weighted by atomic mass is 35.5. The van der Waals surface area contributed by atoms with Crippen LogP contribution in [0.1, 0.15) is 28.9 Å². The Morgan fingerprint density at radius 1 is 1.14 bits per heavy atom. The van der Waals surface area contributed by atoms with E-state index in [2.05, 4.69) is 25.9 Å². The number of fused-ring (bicyclic) bond motifs is 1. The molecular formula is C24H19ClN6O2S2. The Labute approximate surface area is 214 Å². The van der Waals surface area contributed by atoms with Crippen molar-refractivity contribution in [3.63, 3.8) is 0 Å². The van der Waals surface area contributed by atoms with Crippen LogP contribution in [-0.2, 0) is 6.42 Å². The molecule has 0 saturated heterocycles. The number of hydrogen-bond acceptors (Lipinski definition) is 7. The van der Waals surface area contributed by atoms with Gasteiger partial charge < -0.3 is 9.73 Å². The highest BCUT2D eigenvalue weighted by molar-refractivity contribution is 7.80. The van der Waals surface area contributed by atoms with E-state index in [1.54, 1.807) is 28.8 Å². The molecule has 8 nitrogen and oxygen atoms in total. The molecule has 3 heterocycles. The summed E-state index contributed by atoms with van der Waals surface area (Å²) in [6.07, 6.45) is 0.759. The second-order valence-corrected chi connectivity index (χ2v) is 9.48. The number of anilines is 1. The highest BCUT2D eigenvalue weighted by Crippen LogP contribution is 2.29. The maximum Gasteiger partial charge on any atom is 0.293 e. The van der Waals surface area contributed by atoms with Gasteiger partial charge in [0.25, 0.3) is 5.91 Å². The van der Waals surface area contributed by atoms with Crippen molar-refractivity contribution < 1.29 is 9.21 Å². The lowest BCUT2D eigenvalue weighted by atomic mass is 10.1. The van der Waals surface area contributed by atoms with E-state index in [0.29, 0.717) is 10.8 Å². The molecule has 0 fully saturated rings. The minimum absolute atomic E-state index is 0.144. The zero-order valence-electron chi connectivity index (χ0n) is 18.7. The van der Waals surface area contributed by atoms with Crippen LogP contribution in [0.3, 0.4) is 0 Å². The zero-order chi connectivity index (χ0) is 24.5. The summed E-state index contributed by atoms with van der Waals surface area (Å²) in [7, 11) is 0. The zero-order valence-corrected chi connectivity index (χ0v) is 21.1. The summed E-state index contributed by atoms with van der Waals surface area (Å²) < 4.78 is 7.46. The van der Waals surface area contributed by atoms with Crippen molar-refractivity contribution in [3.8, 4) is 21.9 Å². The van der Waals surface area contributed by atoms with E-state index < -0.39 is 5.91 Å². The first-order valence-corrected chi connectivity index (χ1v) is 12.3. The third kappa shape index (κ3) is 4.81. The molecule has 0 radical (unpaired) electrons.